The summed E-state index contributed by atoms with van der Waals surface area (Å²) < 4.78 is 20.1. The van der Waals surface area contributed by atoms with Gasteiger partial charge in [-0.25, -0.2) is 4.79 Å². The summed E-state index contributed by atoms with van der Waals surface area (Å²) in [4.78, 5) is 47.2. The number of carbonyl (C=O) groups excluding carboxylic acids is 3. The molecule has 0 aliphatic carbocycles. The second-order valence-corrected chi connectivity index (χ2v) is 7.99. The van der Waals surface area contributed by atoms with E-state index >= 15 is 0 Å². The third-order valence-corrected chi connectivity index (χ3v) is 4.63. The molecule has 10 nitrogen and oxygen atoms in total. The van der Waals surface area contributed by atoms with Crippen LogP contribution in [0.4, 0.5) is 4.79 Å². The normalized spacial score (nSPS) is 13.8. The van der Waals surface area contributed by atoms with Gasteiger partial charge in [0.05, 0.1) is 25.6 Å². The lowest BCUT2D eigenvalue weighted by Gasteiger charge is -2.28. The van der Waals surface area contributed by atoms with Crippen LogP contribution in [0.1, 0.15) is 46.1 Å². The summed E-state index contributed by atoms with van der Waals surface area (Å²) in [6.45, 7) is 8.08. The maximum Gasteiger partial charge on any atom is 0.507 e. The largest absolute Gasteiger partial charge is 0.507 e. The van der Waals surface area contributed by atoms with Crippen LogP contribution in [0.15, 0.2) is 18.2 Å². The van der Waals surface area contributed by atoms with E-state index in [-0.39, 0.29) is 18.1 Å². The van der Waals surface area contributed by atoms with Gasteiger partial charge in [-0.1, -0.05) is 40.7 Å². The molecule has 2 unspecified atom stereocenters. The minimum absolute atomic E-state index is 0.0163. The molecule has 1 rings (SSSR count). The molecule has 0 saturated heterocycles. The SMILES string of the molecule is COC(=O)OCC(C)C(c1ccc(OC(=O)C(C)C)c(OC(=O)C(C)C)c1)[C@H](N)C(=O)O. The molecule has 0 amide bonds. The van der Waals surface area contributed by atoms with Gasteiger partial charge >= 0.3 is 24.1 Å². The van der Waals surface area contributed by atoms with Crippen LogP contribution in [0.5, 0.6) is 11.5 Å². The third-order valence-electron chi connectivity index (χ3n) is 4.63. The van der Waals surface area contributed by atoms with Gasteiger partial charge in [0.15, 0.2) is 11.5 Å². The van der Waals surface area contributed by atoms with Crippen LogP contribution in [0, 0.1) is 17.8 Å². The smallest absolute Gasteiger partial charge is 0.480 e. The van der Waals surface area contributed by atoms with Crippen molar-refractivity contribution in [3.05, 3.63) is 23.8 Å². The number of rotatable bonds is 10. The number of hydrogen-bond acceptors (Lipinski definition) is 9. The molecule has 3 N–H and O–H groups in total. The first-order valence-electron chi connectivity index (χ1n) is 10.1. The van der Waals surface area contributed by atoms with Gasteiger partial charge in [-0.05, 0) is 23.6 Å². The van der Waals surface area contributed by atoms with Crippen LogP contribution in [0.2, 0.25) is 0 Å². The molecule has 1 aromatic rings. The van der Waals surface area contributed by atoms with E-state index in [1.807, 2.05) is 0 Å². The number of carbonyl (C=O) groups is 4. The van der Waals surface area contributed by atoms with Gasteiger partial charge in [0.25, 0.3) is 0 Å². The first-order chi connectivity index (χ1) is 14.9. The molecule has 178 valence electrons. The molecule has 0 spiro atoms. The number of benzene rings is 1. The molecule has 32 heavy (non-hydrogen) atoms. The van der Waals surface area contributed by atoms with Crippen molar-refractivity contribution in [1.29, 1.82) is 0 Å². The fraction of sp³-hybridized carbons (Fsp3) is 0.545. The zero-order chi connectivity index (χ0) is 24.6. The van der Waals surface area contributed by atoms with Crippen molar-refractivity contribution >= 4 is 24.1 Å². The van der Waals surface area contributed by atoms with Gasteiger partial charge < -0.3 is 29.8 Å². The summed E-state index contributed by atoms with van der Waals surface area (Å²) in [5.74, 6) is -4.65. The highest BCUT2D eigenvalue weighted by atomic mass is 16.7. The average Bonchev–Trinajstić information content (AvgIpc) is 2.73. The molecule has 0 radical (unpaired) electrons. The number of methoxy groups -OCH3 is 1. The van der Waals surface area contributed by atoms with Crippen LogP contribution < -0.4 is 15.2 Å². The molecule has 1 aromatic carbocycles. The summed E-state index contributed by atoms with van der Waals surface area (Å²) in [7, 11) is 1.15. The van der Waals surface area contributed by atoms with Gasteiger partial charge in [0.1, 0.15) is 6.04 Å². The zero-order valence-electron chi connectivity index (χ0n) is 19.1. The summed E-state index contributed by atoms with van der Waals surface area (Å²) in [5.41, 5.74) is 6.33. The number of esters is 2. The van der Waals surface area contributed by atoms with Gasteiger partial charge in [0, 0.05) is 5.92 Å². The number of carboxylic acids is 1. The lowest BCUT2D eigenvalue weighted by Crippen LogP contribution is -2.40. The molecule has 3 atom stereocenters. The predicted octanol–water partition coefficient (Wildman–Crippen LogP) is 2.72. The Bertz CT molecular complexity index is 835. The quantitative estimate of drug-likeness (QED) is 0.399. The lowest BCUT2D eigenvalue weighted by atomic mass is 9.82. The highest BCUT2D eigenvalue weighted by molar-refractivity contribution is 5.78. The van der Waals surface area contributed by atoms with E-state index in [9.17, 15) is 24.3 Å². The van der Waals surface area contributed by atoms with Gasteiger partial charge in [-0.2, -0.15) is 0 Å². The molecule has 0 fully saturated rings. The van der Waals surface area contributed by atoms with Crippen LogP contribution in [-0.2, 0) is 23.9 Å². The van der Waals surface area contributed by atoms with E-state index in [4.69, 9.17) is 19.9 Å². The maximum atomic E-state index is 12.2. The Kier molecular flexibility index (Phi) is 10.1. The maximum absolute atomic E-state index is 12.2. The topological polar surface area (TPSA) is 151 Å². The summed E-state index contributed by atoms with van der Waals surface area (Å²) in [6, 6.07) is 2.99. The third kappa shape index (κ3) is 7.52. The second-order valence-electron chi connectivity index (χ2n) is 7.99. The van der Waals surface area contributed by atoms with Crippen molar-refractivity contribution in [2.45, 2.75) is 46.6 Å². The zero-order valence-corrected chi connectivity index (χ0v) is 19.1. The summed E-state index contributed by atoms with van der Waals surface area (Å²) in [6.07, 6.45) is -0.915. The van der Waals surface area contributed by atoms with Crippen molar-refractivity contribution in [3.8, 4) is 11.5 Å². The minimum atomic E-state index is -1.36. The Morgan fingerprint density at radius 2 is 1.47 bits per heavy atom. The molecule has 0 saturated carbocycles. The van der Waals surface area contributed by atoms with Gasteiger partial charge in [0.2, 0.25) is 0 Å². The first-order valence-corrected chi connectivity index (χ1v) is 10.1. The van der Waals surface area contributed by atoms with Crippen molar-refractivity contribution in [2.24, 2.45) is 23.5 Å². The predicted molar refractivity (Wildman–Crippen MR) is 113 cm³/mol. The Morgan fingerprint density at radius 3 is 1.94 bits per heavy atom. The number of aliphatic carboxylic acids is 1. The van der Waals surface area contributed by atoms with Crippen LogP contribution in [-0.4, -0.2) is 48.9 Å². The molecule has 0 aliphatic heterocycles. The highest BCUT2D eigenvalue weighted by Crippen LogP contribution is 2.36. The van der Waals surface area contributed by atoms with E-state index in [0.717, 1.165) is 7.11 Å². The van der Waals surface area contributed by atoms with E-state index in [0.29, 0.717) is 5.56 Å². The van der Waals surface area contributed by atoms with Gasteiger partial charge in [-0.3, -0.25) is 14.4 Å². The minimum Gasteiger partial charge on any atom is -0.480 e. The number of carboxylic acid groups (broad SMARTS) is 1. The fourth-order valence-electron chi connectivity index (χ4n) is 2.75. The van der Waals surface area contributed by atoms with E-state index in [2.05, 4.69) is 4.74 Å². The first kappa shape index (κ1) is 26.9. The molecule has 0 bridgehead atoms. The van der Waals surface area contributed by atoms with Crippen LogP contribution >= 0.6 is 0 Å². The molecule has 0 aromatic heterocycles. The number of nitrogens with two attached hydrogens (primary N) is 1. The molecular formula is C22H31NO9. The van der Waals surface area contributed by atoms with Crippen molar-refractivity contribution < 1.29 is 43.2 Å². The monoisotopic (exact) mass is 453 g/mol. The Labute approximate surface area is 187 Å². The fourth-order valence-corrected chi connectivity index (χ4v) is 2.75. The van der Waals surface area contributed by atoms with Gasteiger partial charge in [-0.15, -0.1) is 0 Å². The van der Waals surface area contributed by atoms with Crippen molar-refractivity contribution in [1.82, 2.24) is 0 Å². The standard InChI is InChI=1S/C22H31NO9/c1-11(2)20(26)31-15-8-7-14(9-16(15)32-21(27)12(3)4)17(18(23)19(24)25)13(5)10-30-22(28)29-6/h7-9,11-13,17-18H,10,23H2,1-6H3,(H,24,25)/t13?,17?,18-/m0/s1. The average molecular weight is 453 g/mol. The van der Waals surface area contributed by atoms with Crippen molar-refractivity contribution in [2.75, 3.05) is 13.7 Å². The van der Waals surface area contributed by atoms with E-state index in [1.165, 1.54) is 18.2 Å². The second kappa shape index (κ2) is 12.0. The molecule has 0 aliphatic rings. The molecule has 10 heteroatoms. The van der Waals surface area contributed by atoms with Crippen molar-refractivity contribution in [3.63, 3.8) is 0 Å². The molecule has 0 heterocycles. The Hall–Kier alpha value is -3.14. The van der Waals surface area contributed by atoms with E-state index < -0.39 is 53.8 Å². The number of ether oxygens (including phenoxy) is 4. The van der Waals surface area contributed by atoms with Crippen LogP contribution in [0.3, 0.4) is 0 Å². The number of hydrogen-bond donors (Lipinski definition) is 2. The summed E-state index contributed by atoms with van der Waals surface area (Å²) >= 11 is 0. The highest BCUT2D eigenvalue weighted by Gasteiger charge is 2.33. The lowest BCUT2D eigenvalue weighted by molar-refractivity contribution is -0.140. The van der Waals surface area contributed by atoms with E-state index in [1.54, 1.807) is 34.6 Å². The summed E-state index contributed by atoms with van der Waals surface area (Å²) in [5, 5.41) is 9.50. The molecular weight excluding hydrogens is 422 g/mol. The Morgan fingerprint density at radius 1 is 0.938 bits per heavy atom. The van der Waals surface area contributed by atoms with Crippen LogP contribution in [0.25, 0.3) is 0 Å². The Balaban J connectivity index is 3.41.